The summed E-state index contributed by atoms with van der Waals surface area (Å²) in [6.07, 6.45) is 6.89. The van der Waals surface area contributed by atoms with E-state index in [4.69, 9.17) is 0 Å². The van der Waals surface area contributed by atoms with Gasteiger partial charge in [-0.05, 0) is 32.2 Å². The first kappa shape index (κ1) is 15.3. The third-order valence-electron chi connectivity index (χ3n) is 4.38. The summed E-state index contributed by atoms with van der Waals surface area (Å²) in [5.41, 5.74) is 0. The van der Waals surface area contributed by atoms with E-state index < -0.39 is 0 Å². The smallest absolute Gasteiger partial charge is 0.325 e. The lowest BCUT2D eigenvalue weighted by Crippen LogP contribution is -2.45. The lowest BCUT2D eigenvalue weighted by atomic mass is 9.95. The lowest BCUT2D eigenvalue weighted by molar-refractivity contribution is -0.129. The van der Waals surface area contributed by atoms with E-state index in [2.05, 4.69) is 24.1 Å². The van der Waals surface area contributed by atoms with Crippen LogP contribution in [-0.4, -0.2) is 47.5 Å². The Kier molecular flexibility index (Phi) is 5.02. The number of carbonyl (C=O) groups is 2. The summed E-state index contributed by atoms with van der Waals surface area (Å²) in [4.78, 5) is 27.8. The molecule has 2 aliphatic rings. The van der Waals surface area contributed by atoms with Gasteiger partial charge >= 0.3 is 6.03 Å². The topological polar surface area (TPSA) is 52.7 Å². The predicted molar refractivity (Wildman–Crippen MR) is 78.1 cm³/mol. The predicted octanol–water partition coefficient (Wildman–Crippen LogP) is 2.17. The van der Waals surface area contributed by atoms with E-state index in [1.54, 1.807) is 0 Å². The number of nitrogens with one attached hydrogen (secondary N) is 1. The molecule has 2 rings (SSSR count). The number of nitrogens with zero attached hydrogens (tertiary/aromatic N) is 2. The van der Waals surface area contributed by atoms with Gasteiger partial charge in [-0.1, -0.05) is 33.1 Å². The first-order valence-electron chi connectivity index (χ1n) is 7.81. The second-order valence-electron chi connectivity index (χ2n) is 6.59. The highest BCUT2D eigenvalue weighted by atomic mass is 16.2. The quantitative estimate of drug-likeness (QED) is 0.786. The van der Waals surface area contributed by atoms with Crippen LogP contribution < -0.4 is 5.32 Å². The van der Waals surface area contributed by atoms with Gasteiger partial charge in [-0.15, -0.1) is 0 Å². The highest BCUT2D eigenvalue weighted by Crippen LogP contribution is 2.22. The minimum atomic E-state index is -0.331. The molecule has 0 aromatic carbocycles. The molecule has 1 heterocycles. The van der Waals surface area contributed by atoms with Crippen molar-refractivity contribution in [2.45, 2.75) is 64.5 Å². The summed E-state index contributed by atoms with van der Waals surface area (Å²) in [7, 11) is 2.02. The SMILES string of the molecule is CC(C)C[C@@H]1NC(=O)N(CN(C)C2CCCCC2)C1=O. The summed E-state index contributed by atoms with van der Waals surface area (Å²) in [5.74, 6) is 0.339. The zero-order valence-corrected chi connectivity index (χ0v) is 12.9. The minimum absolute atomic E-state index is 0.0636. The van der Waals surface area contributed by atoms with E-state index >= 15 is 0 Å². The Morgan fingerprint density at radius 1 is 1.25 bits per heavy atom. The van der Waals surface area contributed by atoms with Crippen LogP contribution in [0.3, 0.4) is 0 Å². The number of carbonyl (C=O) groups excluding carboxylic acids is 2. The van der Waals surface area contributed by atoms with Gasteiger partial charge in [0.2, 0.25) is 0 Å². The summed E-state index contributed by atoms with van der Waals surface area (Å²) in [6.45, 7) is 4.55. The molecule has 0 unspecified atom stereocenters. The molecule has 114 valence electrons. The molecule has 1 N–H and O–H groups in total. The molecule has 3 amide bonds. The molecule has 20 heavy (non-hydrogen) atoms. The Hall–Kier alpha value is -1.10. The standard InChI is InChI=1S/C15H27N3O2/c1-11(2)9-13-14(19)18(15(20)16-13)10-17(3)12-7-5-4-6-8-12/h11-13H,4-10H2,1-3H3,(H,16,20)/t13-/m0/s1. The van der Waals surface area contributed by atoms with Crippen molar-refractivity contribution in [3.05, 3.63) is 0 Å². The molecule has 0 spiro atoms. The van der Waals surface area contributed by atoms with Crippen LogP contribution in [0.4, 0.5) is 4.79 Å². The number of amides is 3. The maximum Gasteiger partial charge on any atom is 0.325 e. The first-order chi connectivity index (χ1) is 9.49. The van der Waals surface area contributed by atoms with Gasteiger partial charge in [0.25, 0.3) is 5.91 Å². The Bertz CT molecular complexity index is 364. The number of hydrogen-bond donors (Lipinski definition) is 1. The van der Waals surface area contributed by atoms with Crippen LogP contribution in [0.15, 0.2) is 0 Å². The highest BCUT2D eigenvalue weighted by molar-refractivity contribution is 6.04. The van der Waals surface area contributed by atoms with Crippen molar-refractivity contribution >= 4 is 11.9 Å². The zero-order chi connectivity index (χ0) is 14.7. The zero-order valence-electron chi connectivity index (χ0n) is 12.9. The summed E-state index contributed by atoms with van der Waals surface area (Å²) >= 11 is 0. The monoisotopic (exact) mass is 281 g/mol. The molecule has 1 aliphatic heterocycles. The van der Waals surface area contributed by atoms with Crippen LogP contribution in [0.25, 0.3) is 0 Å². The molecule has 2 fully saturated rings. The van der Waals surface area contributed by atoms with E-state index in [0.717, 1.165) is 0 Å². The number of hydrogen-bond acceptors (Lipinski definition) is 3. The van der Waals surface area contributed by atoms with Crippen LogP contribution in [-0.2, 0) is 4.79 Å². The van der Waals surface area contributed by atoms with Gasteiger partial charge in [-0.3, -0.25) is 9.69 Å². The van der Waals surface area contributed by atoms with Gasteiger partial charge < -0.3 is 5.32 Å². The number of rotatable bonds is 5. The van der Waals surface area contributed by atoms with Crippen molar-refractivity contribution < 1.29 is 9.59 Å². The van der Waals surface area contributed by atoms with Crippen LogP contribution in [0, 0.1) is 5.92 Å². The fraction of sp³-hybridized carbons (Fsp3) is 0.867. The van der Waals surface area contributed by atoms with Gasteiger partial charge in [0.1, 0.15) is 6.04 Å². The Morgan fingerprint density at radius 2 is 1.90 bits per heavy atom. The second kappa shape index (κ2) is 6.57. The van der Waals surface area contributed by atoms with Crippen LogP contribution >= 0.6 is 0 Å². The highest BCUT2D eigenvalue weighted by Gasteiger charge is 2.39. The van der Waals surface area contributed by atoms with Gasteiger partial charge in [-0.25, -0.2) is 9.69 Å². The minimum Gasteiger partial charge on any atom is -0.326 e. The van der Waals surface area contributed by atoms with Gasteiger partial charge in [0.05, 0.1) is 6.67 Å². The second-order valence-corrected chi connectivity index (χ2v) is 6.59. The molecular formula is C15H27N3O2. The third-order valence-corrected chi connectivity index (χ3v) is 4.38. The summed E-state index contributed by atoms with van der Waals surface area (Å²) < 4.78 is 0. The van der Waals surface area contributed by atoms with Crippen LogP contribution in [0.1, 0.15) is 52.4 Å². The maximum absolute atomic E-state index is 12.3. The first-order valence-corrected chi connectivity index (χ1v) is 7.81. The number of imide groups is 1. The summed E-state index contributed by atoms with van der Waals surface area (Å²) in [6, 6.07) is -0.0564. The summed E-state index contributed by atoms with van der Waals surface area (Å²) in [5, 5.41) is 2.80. The van der Waals surface area contributed by atoms with Gasteiger partial charge in [0, 0.05) is 6.04 Å². The van der Waals surface area contributed by atoms with Crippen LogP contribution in [0.2, 0.25) is 0 Å². The third kappa shape index (κ3) is 3.51. The van der Waals surface area contributed by atoms with Crippen molar-refractivity contribution in [3.8, 4) is 0 Å². The van der Waals surface area contributed by atoms with Crippen LogP contribution in [0.5, 0.6) is 0 Å². The molecule has 1 atom stereocenters. The fourth-order valence-corrected chi connectivity index (χ4v) is 3.20. The van der Waals surface area contributed by atoms with E-state index in [1.165, 1.54) is 37.0 Å². The van der Waals surface area contributed by atoms with E-state index in [9.17, 15) is 9.59 Å². The number of urea groups is 1. The molecule has 0 bridgehead atoms. The van der Waals surface area contributed by atoms with E-state index in [0.29, 0.717) is 25.0 Å². The van der Waals surface area contributed by atoms with Crippen molar-refractivity contribution in [3.63, 3.8) is 0 Å². The Labute approximate surface area is 121 Å². The normalized spacial score (nSPS) is 24.9. The molecular weight excluding hydrogens is 254 g/mol. The maximum atomic E-state index is 12.3. The fourth-order valence-electron chi connectivity index (χ4n) is 3.20. The van der Waals surface area contributed by atoms with Gasteiger partial charge in [-0.2, -0.15) is 0 Å². The van der Waals surface area contributed by atoms with Crippen molar-refractivity contribution in [1.29, 1.82) is 0 Å². The molecule has 1 aliphatic carbocycles. The Balaban J connectivity index is 1.91. The van der Waals surface area contributed by atoms with Crippen molar-refractivity contribution in [1.82, 2.24) is 15.1 Å². The molecule has 1 saturated carbocycles. The average Bonchev–Trinajstić information content (AvgIpc) is 2.66. The van der Waals surface area contributed by atoms with Crippen molar-refractivity contribution in [2.75, 3.05) is 13.7 Å². The van der Waals surface area contributed by atoms with Gasteiger partial charge in [0.15, 0.2) is 0 Å². The lowest BCUT2D eigenvalue weighted by Gasteiger charge is -2.33. The molecule has 0 radical (unpaired) electrons. The van der Waals surface area contributed by atoms with E-state index in [-0.39, 0.29) is 18.0 Å². The molecule has 5 heteroatoms. The molecule has 0 aromatic rings. The molecule has 5 nitrogen and oxygen atoms in total. The molecule has 0 aromatic heterocycles. The average molecular weight is 281 g/mol. The largest absolute Gasteiger partial charge is 0.326 e. The van der Waals surface area contributed by atoms with Crippen molar-refractivity contribution in [2.24, 2.45) is 5.92 Å². The van der Waals surface area contributed by atoms with E-state index in [1.807, 2.05) is 7.05 Å². The molecule has 1 saturated heterocycles. The Morgan fingerprint density at radius 3 is 2.50 bits per heavy atom.